The first-order valence-electron chi connectivity index (χ1n) is 12.6. The molecule has 3 atom stereocenters. The Balaban J connectivity index is 1.39. The van der Waals surface area contributed by atoms with Crippen molar-refractivity contribution < 1.29 is 28.8 Å². The molecule has 2 aromatic rings. The minimum Gasteiger partial charge on any atom is -0.493 e. The zero-order chi connectivity index (χ0) is 24.9. The van der Waals surface area contributed by atoms with Crippen LogP contribution in [0, 0.1) is 0 Å². The van der Waals surface area contributed by atoms with E-state index in [0.717, 1.165) is 48.5 Å². The van der Waals surface area contributed by atoms with E-state index in [2.05, 4.69) is 5.32 Å². The molecule has 7 nitrogen and oxygen atoms in total. The lowest BCUT2D eigenvalue weighted by Crippen LogP contribution is -2.47. The number of aliphatic hydroxyl groups is 1. The Morgan fingerprint density at radius 3 is 2.34 bits per heavy atom. The number of hydrogen-bond donors (Lipinski definition) is 2. The monoisotopic (exact) mass is 487 g/mol. The largest absolute Gasteiger partial charge is 0.493 e. The van der Waals surface area contributed by atoms with Crippen molar-refractivity contribution in [3.05, 3.63) is 53.6 Å². The van der Waals surface area contributed by atoms with Crippen LogP contribution in [0.1, 0.15) is 36.8 Å². The fraction of sp³-hybridized carbons (Fsp3) is 0.571. The summed E-state index contributed by atoms with van der Waals surface area (Å²) >= 11 is 0. The van der Waals surface area contributed by atoms with E-state index in [1.54, 1.807) is 21.3 Å². The van der Waals surface area contributed by atoms with Crippen LogP contribution in [0.3, 0.4) is 0 Å². The zero-order valence-corrected chi connectivity index (χ0v) is 21.3. The summed E-state index contributed by atoms with van der Waals surface area (Å²) in [6.07, 6.45) is 5.69. The molecule has 0 unspecified atom stereocenters. The van der Waals surface area contributed by atoms with Gasteiger partial charge in [0.1, 0.15) is 18.5 Å². The van der Waals surface area contributed by atoms with Crippen LogP contribution in [0.25, 0.3) is 0 Å². The summed E-state index contributed by atoms with van der Waals surface area (Å²) in [5.74, 6) is 2.23. The molecule has 0 aromatic heterocycles. The first-order valence-corrected chi connectivity index (χ1v) is 12.6. The van der Waals surface area contributed by atoms with Crippen molar-refractivity contribution in [1.29, 1.82) is 0 Å². The van der Waals surface area contributed by atoms with Gasteiger partial charge in [-0.25, -0.2) is 0 Å². The summed E-state index contributed by atoms with van der Waals surface area (Å²) in [5.41, 5.74) is 2.36. The van der Waals surface area contributed by atoms with Crippen LogP contribution in [0.2, 0.25) is 0 Å². The van der Waals surface area contributed by atoms with Crippen LogP contribution in [0.15, 0.2) is 42.5 Å². The molecule has 0 spiro atoms. The number of benzene rings is 2. The maximum atomic E-state index is 10.4. The Labute approximate surface area is 209 Å². The van der Waals surface area contributed by atoms with Crippen molar-refractivity contribution in [2.45, 2.75) is 56.8 Å². The number of hydrogen-bond acceptors (Lipinski definition) is 7. The third kappa shape index (κ3) is 9.00. The Morgan fingerprint density at radius 1 is 0.886 bits per heavy atom. The SMILES string of the molecule is COCCc1ccc(OC[C@H](O)CN[C@H]2CCCC[C@@H]2OCCc2ccc(OC)c(OC)c2)cc1. The van der Waals surface area contributed by atoms with Crippen LogP contribution in [-0.4, -0.2) is 71.1 Å². The molecule has 2 aromatic carbocycles. The zero-order valence-electron chi connectivity index (χ0n) is 21.3. The third-order valence-corrected chi connectivity index (χ3v) is 6.45. The highest BCUT2D eigenvalue weighted by molar-refractivity contribution is 5.42. The van der Waals surface area contributed by atoms with Crippen molar-refractivity contribution in [2.24, 2.45) is 0 Å². The molecule has 1 aliphatic carbocycles. The molecule has 3 rings (SSSR count). The predicted octanol–water partition coefficient (Wildman–Crippen LogP) is 3.79. The van der Waals surface area contributed by atoms with Gasteiger partial charge in [0.05, 0.1) is 33.5 Å². The molecule has 1 fully saturated rings. The number of methoxy groups -OCH3 is 3. The van der Waals surface area contributed by atoms with Gasteiger partial charge in [-0.05, 0) is 61.1 Å². The quantitative estimate of drug-likeness (QED) is 0.396. The van der Waals surface area contributed by atoms with Gasteiger partial charge in [0.15, 0.2) is 11.5 Å². The van der Waals surface area contributed by atoms with E-state index in [4.69, 9.17) is 23.7 Å². The van der Waals surface area contributed by atoms with Gasteiger partial charge >= 0.3 is 0 Å². The fourth-order valence-electron chi connectivity index (χ4n) is 4.41. The molecule has 2 N–H and O–H groups in total. The average molecular weight is 488 g/mol. The molecular weight excluding hydrogens is 446 g/mol. The van der Waals surface area contributed by atoms with E-state index in [1.807, 2.05) is 42.5 Å². The average Bonchev–Trinajstić information content (AvgIpc) is 2.90. The number of nitrogens with one attached hydrogen (secondary N) is 1. The first kappa shape index (κ1) is 27.3. The second-order valence-corrected chi connectivity index (χ2v) is 9.00. The molecule has 0 saturated heterocycles. The van der Waals surface area contributed by atoms with E-state index >= 15 is 0 Å². The molecule has 1 aliphatic rings. The summed E-state index contributed by atoms with van der Waals surface area (Å²) in [4.78, 5) is 0. The topological polar surface area (TPSA) is 78.4 Å². The summed E-state index contributed by atoms with van der Waals surface area (Å²) in [7, 11) is 4.99. The molecule has 0 aliphatic heterocycles. The minimum atomic E-state index is -0.586. The number of ether oxygens (including phenoxy) is 5. The van der Waals surface area contributed by atoms with E-state index in [0.29, 0.717) is 19.8 Å². The van der Waals surface area contributed by atoms with Crippen LogP contribution >= 0.6 is 0 Å². The second kappa shape index (κ2) is 14.9. The molecule has 0 amide bonds. The maximum absolute atomic E-state index is 10.4. The molecule has 0 bridgehead atoms. The van der Waals surface area contributed by atoms with Gasteiger partial charge < -0.3 is 34.1 Å². The molecule has 7 heteroatoms. The smallest absolute Gasteiger partial charge is 0.160 e. The van der Waals surface area contributed by atoms with Gasteiger partial charge in [-0.15, -0.1) is 0 Å². The standard InChI is InChI=1S/C28H41NO6/c1-31-16-14-21-8-11-24(12-9-21)35-20-23(30)19-29-25-6-4-5-7-26(25)34-17-15-22-10-13-27(32-2)28(18-22)33-3/h8-13,18,23,25-26,29-30H,4-7,14-17,19-20H2,1-3H3/t23-,25+,26+/m1/s1. The Kier molecular flexibility index (Phi) is 11.6. The van der Waals surface area contributed by atoms with Crippen LogP contribution in [-0.2, 0) is 22.3 Å². The fourth-order valence-corrected chi connectivity index (χ4v) is 4.41. The second-order valence-electron chi connectivity index (χ2n) is 9.00. The van der Waals surface area contributed by atoms with E-state index in [1.165, 1.54) is 18.4 Å². The summed E-state index contributed by atoms with van der Waals surface area (Å²) in [6, 6.07) is 14.2. The number of aliphatic hydroxyl groups excluding tert-OH is 1. The third-order valence-electron chi connectivity index (χ3n) is 6.45. The lowest BCUT2D eigenvalue weighted by atomic mass is 9.92. The van der Waals surface area contributed by atoms with Crippen LogP contribution < -0.4 is 19.5 Å². The maximum Gasteiger partial charge on any atom is 0.160 e. The normalized spacial score (nSPS) is 18.7. The van der Waals surface area contributed by atoms with Crippen molar-refractivity contribution in [3.8, 4) is 17.2 Å². The van der Waals surface area contributed by atoms with Gasteiger partial charge in [-0.2, -0.15) is 0 Å². The molecule has 194 valence electrons. The van der Waals surface area contributed by atoms with Gasteiger partial charge in [-0.3, -0.25) is 0 Å². The summed E-state index contributed by atoms with van der Waals surface area (Å²) in [6.45, 7) is 2.07. The van der Waals surface area contributed by atoms with Crippen LogP contribution in [0.5, 0.6) is 17.2 Å². The predicted molar refractivity (Wildman–Crippen MR) is 137 cm³/mol. The van der Waals surface area contributed by atoms with Gasteiger partial charge in [-0.1, -0.05) is 31.0 Å². The van der Waals surface area contributed by atoms with Crippen molar-refractivity contribution in [3.63, 3.8) is 0 Å². The van der Waals surface area contributed by atoms with Crippen molar-refractivity contribution in [1.82, 2.24) is 5.32 Å². The molecule has 0 heterocycles. The number of rotatable bonds is 15. The Hall–Kier alpha value is -2.32. The highest BCUT2D eigenvalue weighted by Crippen LogP contribution is 2.28. The molecule has 1 saturated carbocycles. The van der Waals surface area contributed by atoms with E-state index in [9.17, 15) is 5.11 Å². The Morgan fingerprint density at radius 2 is 1.60 bits per heavy atom. The van der Waals surface area contributed by atoms with Crippen LogP contribution in [0.4, 0.5) is 0 Å². The molecular formula is C28H41NO6. The van der Waals surface area contributed by atoms with Gasteiger partial charge in [0, 0.05) is 19.7 Å². The summed E-state index contributed by atoms with van der Waals surface area (Å²) in [5, 5.41) is 14.0. The minimum absolute atomic E-state index is 0.150. The highest BCUT2D eigenvalue weighted by Gasteiger charge is 2.26. The first-order chi connectivity index (χ1) is 17.1. The highest BCUT2D eigenvalue weighted by atomic mass is 16.5. The van der Waals surface area contributed by atoms with Gasteiger partial charge in [0.2, 0.25) is 0 Å². The molecule has 0 radical (unpaired) electrons. The van der Waals surface area contributed by atoms with E-state index < -0.39 is 6.10 Å². The lowest BCUT2D eigenvalue weighted by molar-refractivity contribution is 0.00183. The molecule has 35 heavy (non-hydrogen) atoms. The Bertz CT molecular complexity index is 859. The lowest BCUT2D eigenvalue weighted by Gasteiger charge is -2.33. The van der Waals surface area contributed by atoms with Gasteiger partial charge in [0.25, 0.3) is 0 Å². The van der Waals surface area contributed by atoms with Crippen molar-refractivity contribution in [2.75, 3.05) is 47.7 Å². The summed E-state index contributed by atoms with van der Waals surface area (Å²) < 4.78 is 27.9. The van der Waals surface area contributed by atoms with E-state index in [-0.39, 0.29) is 18.8 Å². The van der Waals surface area contributed by atoms with Crippen molar-refractivity contribution >= 4 is 0 Å².